The Hall–Kier alpha value is -1.67. The van der Waals surface area contributed by atoms with E-state index in [9.17, 15) is 0 Å². The maximum atomic E-state index is 5.78. The zero-order valence-corrected chi connectivity index (χ0v) is 14.3. The molecular formula is C15H19BrN6O. The standard InChI is InChI=1S/C15H19BrN6O/c16-13-8-18-14(17)15(20-13)23-12-7-19-22(9-12)11-3-5-21(6-4-11)10-1-2-10/h7-11H,1-6H2,(H2,17,18). The second-order valence-corrected chi connectivity index (χ2v) is 6.95. The number of ether oxygens (including phenoxy) is 1. The minimum atomic E-state index is 0.263. The van der Waals surface area contributed by atoms with E-state index in [-0.39, 0.29) is 5.82 Å². The van der Waals surface area contributed by atoms with E-state index in [1.165, 1.54) is 12.8 Å². The first-order valence-electron chi connectivity index (χ1n) is 7.93. The summed E-state index contributed by atoms with van der Waals surface area (Å²) < 4.78 is 8.29. The highest BCUT2D eigenvalue weighted by Crippen LogP contribution is 2.33. The predicted octanol–water partition coefficient (Wildman–Crippen LogP) is 2.61. The number of aromatic nitrogens is 4. The van der Waals surface area contributed by atoms with Crippen LogP contribution in [-0.2, 0) is 0 Å². The average Bonchev–Trinajstić information content (AvgIpc) is 3.31. The largest absolute Gasteiger partial charge is 0.433 e. The fraction of sp³-hybridized carbons (Fsp3) is 0.533. The lowest BCUT2D eigenvalue weighted by atomic mass is 10.1. The molecular weight excluding hydrogens is 360 g/mol. The molecule has 0 atom stereocenters. The van der Waals surface area contributed by atoms with Gasteiger partial charge in [0.1, 0.15) is 4.60 Å². The molecule has 0 amide bonds. The summed E-state index contributed by atoms with van der Waals surface area (Å²) >= 11 is 3.27. The highest BCUT2D eigenvalue weighted by molar-refractivity contribution is 9.10. The smallest absolute Gasteiger partial charge is 0.263 e. The van der Waals surface area contributed by atoms with E-state index < -0.39 is 0 Å². The second-order valence-electron chi connectivity index (χ2n) is 6.14. The number of rotatable bonds is 4. The molecule has 2 N–H and O–H groups in total. The summed E-state index contributed by atoms with van der Waals surface area (Å²) in [5.41, 5.74) is 5.78. The van der Waals surface area contributed by atoms with Crippen molar-refractivity contribution in [3.8, 4) is 11.6 Å². The molecule has 0 aromatic carbocycles. The lowest BCUT2D eigenvalue weighted by molar-refractivity contribution is 0.172. The molecule has 1 aliphatic carbocycles. The molecule has 0 radical (unpaired) electrons. The van der Waals surface area contributed by atoms with Crippen LogP contribution >= 0.6 is 15.9 Å². The van der Waals surface area contributed by atoms with Crippen molar-refractivity contribution < 1.29 is 4.74 Å². The van der Waals surface area contributed by atoms with Crippen molar-refractivity contribution in [2.75, 3.05) is 18.8 Å². The Bertz CT molecular complexity index is 693. The molecule has 0 unspecified atom stereocenters. The minimum Gasteiger partial charge on any atom is -0.433 e. The summed E-state index contributed by atoms with van der Waals surface area (Å²) in [6.07, 6.45) is 10.2. The van der Waals surface area contributed by atoms with Gasteiger partial charge >= 0.3 is 0 Å². The Morgan fingerprint density at radius 3 is 2.65 bits per heavy atom. The van der Waals surface area contributed by atoms with Crippen LogP contribution in [0.5, 0.6) is 11.6 Å². The maximum absolute atomic E-state index is 5.78. The van der Waals surface area contributed by atoms with Gasteiger partial charge in [-0.3, -0.25) is 4.68 Å². The van der Waals surface area contributed by atoms with Crippen molar-refractivity contribution in [3.63, 3.8) is 0 Å². The quantitative estimate of drug-likeness (QED) is 0.880. The lowest BCUT2D eigenvalue weighted by Gasteiger charge is -2.31. The van der Waals surface area contributed by atoms with Crippen molar-refractivity contribution in [2.24, 2.45) is 0 Å². The Balaban J connectivity index is 1.41. The summed E-state index contributed by atoms with van der Waals surface area (Å²) in [4.78, 5) is 10.8. The van der Waals surface area contributed by atoms with Gasteiger partial charge in [0, 0.05) is 19.1 Å². The number of nitrogen functional groups attached to an aromatic ring is 1. The monoisotopic (exact) mass is 378 g/mol. The first-order chi connectivity index (χ1) is 11.2. The van der Waals surface area contributed by atoms with Crippen LogP contribution in [0.4, 0.5) is 5.82 Å². The van der Waals surface area contributed by atoms with Crippen LogP contribution in [0.15, 0.2) is 23.2 Å². The number of hydrogen-bond donors (Lipinski definition) is 1. The third-order valence-electron chi connectivity index (χ3n) is 4.47. The number of nitrogens with two attached hydrogens (primary N) is 1. The van der Waals surface area contributed by atoms with Crippen LogP contribution < -0.4 is 10.5 Å². The first kappa shape index (κ1) is 14.9. The number of hydrogen-bond acceptors (Lipinski definition) is 6. The Morgan fingerprint density at radius 1 is 1.13 bits per heavy atom. The van der Waals surface area contributed by atoms with E-state index in [0.717, 1.165) is 32.0 Å². The van der Waals surface area contributed by atoms with Crippen molar-refractivity contribution in [2.45, 2.75) is 37.8 Å². The van der Waals surface area contributed by atoms with E-state index in [4.69, 9.17) is 10.5 Å². The molecule has 4 rings (SSSR count). The molecule has 2 aromatic heterocycles. The predicted molar refractivity (Wildman–Crippen MR) is 89.3 cm³/mol. The highest BCUT2D eigenvalue weighted by atomic mass is 79.9. The normalized spacial score (nSPS) is 19.9. The molecule has 1 aliphatic heterocycles. The summed E-state index contributed by atoms with van der Waals surface area (Å²) in [5, 5.41) is 4.45. The molecule has 2 aliphatic rings. The van der Waals surface area contributed by atoms with Gasteiger partial charge in [0.25, 0.3) is 5.88 Å². The van der Waals surface area contributed by atoms with Crippen LogP contribution in [0, 0.1) is 0 Å². The fourth-order valence-electron chi connectivity index (χ4n) is 3.08. The second kappa shape index (κ2) is 6.09. The van der Waals surface area contributed by atoms with Gasteiger partial charge in [-0.1, -0.05) is 0 Å². The summed E-state index contributed by atoms with van der Waals surface area (Å²) in [6.45, 7) is 2.32. The number of nitrogens with zero attached hydrogens (tertiary/aromatic N) is 5. The Morgan fingerprint density at radius 2 is 1.91 bits per heavy atom. The SMILES string of the molecule is Nc1ncc(Br)nc1Oc1cnn(C2CCN(C3CC3)CC2)c1. The molecule has 1 saturated carbocycles. The van der Waals surface area contributed by atoms with Gasteiger partial charge < -0.3 is 15.4 Å². The van der Waals surface area contributed by atoms with Crippen molar-refractivity contribution in [1.29, 1.82) is 0 Å². The van der Waals surface area contributed by atoms with Gasteiger partial charge in [-0.2, -0.15) is 5.10 Å². The molecule has 23 heavy (non-hydrogen) atoms. The molecule has 7 nitrogen and oxygen atoms in total. The van der Waals surface area contributed by atoms with Gasteiger partial charge in [-0.05, 0) is 41.6 Å². The van der Waals surface area contributed by atoms with Crippen molar-refractivity contribution >= 4 is 21.7 Å². The molecule has 8 heteroatoms. The van der Waals surface area contributed by atoms with Crippen molar-refractivity contribution in [1.82, 2.24) is 24.6 Å². The summed E-state index contributed by atoms with van der Waals surface area (Å²) in [7, 11) is 0. The molecule has 2 fully saturated rings. The zero-order valence-electron chi connectivity index (χ0n) is 12.7. The van der Waals surface area contributed by atoms with Crippen molar-refractivity contribution in [3.05, 3.63) is 23.2 Å². The number of piperidine rings is 1. The third kappa shape index (κ3) is 3.32. The van der Waals surface area contributed by atoms with E-state index in [1.54, 1.807) is 12.4 Å². The van der Waals surface area contributed by atoms with Crippen LogP contribution in [0.3, 0.4) is 0 Å². The minimum absolute atomic E-state index is 0.263. The number of anilines is 1. The Labute approximate surface area is 143 Å². The van der Waals surface area contributed by atoms with E-state index in [0.29, 0.717) is 22.3 Å². The molecule has 3 heterocycles. The average molecular weight is 379 g/mol. The van der Waals surface area contributed by atoms with E-state index in [1.807, 2.05) is 10.9 Å². The van der Waals surface area contributed by atoms with Gasteiger partial charge in [0.2, 0.25) is 0 Å². The fourth-order valence-corrected chi connectivity index (χ4v) is 3.34. The number of likely N-dealkylation sites (tertiary alicyclic amines) is 1. The first-order valence-corrected chi connectivity index (χ1v) is 8.72. The van der Waals surface area contributed by atoms with Gasteiger partial charge in [-0.15, -0.1) is 0 Å². The molecule has 0 spiro atoms. The summed E-state index contributed by atoms with van der Waals surface area (Å²) in [5.74, 6) is 1.19. The topological polar surface area (TPSA) is 82.1 Å². The third-order valence-corrected chi connectivity index (χ3v) is 4.85. The Kier molecular flexibility index (Phi) is 3.94. The lowest BCUT2D eigenvalue weighted by Crippen LogP contribution is -2.36. The van der Waals surface area contributed by atoms with Crippen LogP contribution in [-0.4, -0.2) is 43.8 Å². The summed E-state index contributed by atoms with van der Waals surface area (Å²) in [6, 6.07) is 1.29. The van der Waals surface area contributed by atoms with Crippen LogP contribution in [0.1, 0.15) is 31.7 Å². The van der Waals surface area contributed by atoms with Gasteiger partial charge in [0.05, 0.1) is 24.6 Å². The van der Waals surface area contributed by atoms with Crippen LogP contribution in [0.2, 0.25) is 0 Å². The molecule has 0 bridgehead atoms. The van der Waals surface area contributed by atoms with E-state index in [2.05, 4.69) is 35.9 Å². The van der Waals surface area contributed by atoms with Gasteiger partial charge in [-0.25, -0.2) is 9.97 Å². The van der Waals surface area contributed by atoms with E-state index >= 15 is 0 Å². The molecule has 2 aromatic rings. The maximum Gasteiger partial charge on any atom is 0.263 e. The molecule has 122 valence electrons. The molecule has 1 saturated heterocycles. The van der Waals surface area contributed by atoms with Gasteiger partial charge in [0.15, 0.2) is 11.6 Å². The highest BCUT2D eigenvalue weighted by Gasteiger charge is 2.32. The number of halogens is 1. The zero-order chi connectivity index (χ0) is 15.8. The van der Waals surface area contributed by atoms with Crippen LogP contribution in [0.25, 0.3) is 0 Å².